The van der Waals surface area contributed by atoms with Crippen LogP contribution in [0.25, 0.3) is 0 Å². The van der Waals surface area contributed by atoms with Gasteiger partial charge in [0.2, 0.25) is 0 Å². The lowest BCUT2D eigenvalue weighted by molar-refractivity contribution is -0.385. The number of carbonyl (C=O) groups excluding carboxylic acids is 1. The molecule has 0 unspecified atom stereocenters. The van der Waals surface area contributed by atoms with Crippen molar-refractivity contribution in [1.29, 1.82) is 0 Å². The number of hydrogen-bond donors (Lipinski definition) is 1. The van der Waals surface area contributed by atoms with Crippen molar-refractivity contribution in [2.24, 2.45) is 0 Å². The molecule has 0 aliphatic rings. The number of rotatable bonds is 4. The molecule has 0 aromatic heterocycles. The predicted molar refractivity (Wildman–Crippen MR) is 75.4 cm³/mol. The Bertz CT molecular complexity index is 684. The molecule has 0 bridgehead atoms. The molecule has 0 aliphatic heterocycles. The van der Waals surface area contributed by atoms with Gasteiger partial charge in [0, 0.05) is 23.7 Å². The van der Waals surface area contributed by atoms with E-state index in [0.717, 1.165) is 0 Å². The predicted octanol–water partition coefficient (Wildman–Crippen LogP) is 2.97. The molecule has 1 N–H and O–H groups in total. The minimum absolute atomic E-state index is 0.0172. The van der Waals surface area contributed by atoms with Crippen molar-refractivity contribution < 1.29 is 14.1 Å². The van der Waals surface area contributed by atoms with Crippen LogP contribution < -0.4 is 5.32 Å². The minimum atomic E-state index is -0.458. The maximum Gasteiger partial charge on any atom is 0.272 e. The van der Waals surface area contributed by atoms with Crippen molar-refractivity contribution in [3.8, 4) is 0 Å². The van der Waals surface area contributed by atoms with E-state index in [9.17, 15) is 19.3 Å². The van der Waals surface area contributed by atoms with Gasteiger partial charge < -0.3 is 5.32 Å². The van der Waals surface area contributed by atoms with Gasteiger partial charge in [-0.25, -0.2) is 4.39 Å². The first kappa shape index (κ1) is 14.6. The maximum atomic E-state index is 12.8. The van der Waals surface area contributed by atoms with Gasteiger partial charge >= 0.3 is 0 Å². The van der Waals surface area contributed by atoms with E-state index in [-0.39, 0.29) is 18.1 Å². The third-order valence-electron chi connectivity index (χ3n) is 3.16. The average Bonchev–Trinajstić information content (AvgIpc) is 2.46. The second-order valence-electron chi connectivity index (χ2n) is 4.51. The molecule has 21 heavy (non-hydrogen) atoms. The van der Waals surface area contributed by atoms with Gasteiger partial charge in [0.15, 0.2) is 0 Å². The molecule has 0 saturated carbocycles. The van der Waals surface area contributed by atoms with E-state index in [0.29, 0.717) is 16.7 Å². The molecule has 6 heteroatoms. The van der Waals surface area contributed by atoms with Crippen molar-refractivity contribution in [3.05, 3.63) is 75.1 Å². The highest BCUT2D eigenvalue weighted by Gasteiger charge is 2.13. The van der Waals surface area contributed by atoms with Gasteiger partial charge in [-0.05, 0) is 36.8 Å². The summed E-state index contributed by atoms with van der Waals surface area (Å²) in [7, 11) is 0. The fraction of sp³-hybridized carbons (Fsp3) is 0.133. The second-order valence-corrected chi connectivity index (χ2v) is 4.51. The number of hydrogen-bond acceptors (Lipinski definition) is 3. The highest BCUT2D eigenvalue weighted by molar-refractivity contribution is 5.94. The number of nitro benzene ring substituents is 1. The SMILES string of the molecule is Cc1c(CNC(=O)c2ccc(F)cc2)cccc1[N+](=O)[O-]. The Morgan fingerprint density at radius 2 is 1.90 bits per heavy atom. The van der Waals surface area contributed by atoms with Crippen LogP contribution in [0.3, 0.4) is 0 Å². The Morgan fingerprint density at radius 3 is 2.52 bits per heavy atom. The van der Waals surface area contributed by atoms with Crippen LogP contribution in [0.2, 0.25) is 0 Å². The fourth-order valence-corrected chi connectivity index (χ4v) is 1.94. The van der Waals surface area contributed by atoms with Crippen LogP contribution in [0.4, 0.5) is 10.1 Å². The lowest BCUT2D eigenvalue weighted by atomic mass is 10.1. The summed E-state index contributed by atoms with van der Waals surface area (Å²) in [6.45, 7) is 1.81. The van der Waals surface area contributed by atoms with E-state index in [1.807, 2.05) is 0 Å². The van der Waals surface area contributed by atoms with Crippen LogP contribution in [0.1, 0.15) is 21.5 Å². The smallest absolute Gasteiger partial charge is 0.272 e. The fourth-order valence-electron chi connectivity index (χ4n) is 1.94. The van der Waals surface area contributed by atoms with Gasteiger partial charge in [-0.15, -0.1) is 0 Å². The standard InChI is InChI=1S/C15H13FN2O3/c1-10-12(3-2-4-14(10)18(20)21)9-17-15(19)11-5-7-13(16)8-6-11/h2-8H,9H2,1H3,(H,17,19). The largest absolute Gasteiger partial charge is 0.348 e. The van der Waals surface area contributed by atoms with Gasteiger partial charge in [0.25, 0.3) is 11.6 Å². The molecular weight excluding hydrogens is 275 g/mol. The highest BCUT2D eigenvalue weighted by Crippen LogP contribution is 2.20. The average molecular weight is 288 g/mol. The van der Waals surface area contributed by atoms with E-state index < -0.39 is 10.7 Å². The zero-order valence-electron chi connectivity index (χ0n) is 11.3. The lowest BCUT2D eigenvalue weighted by Gasteiger charge is -2.08. The first-order valence-corrected chi connectivity index (χ1v) is 6.25. The molecule has 2 rings (SSSR count). The van der Waals surface area contributed by atoms with E-state index in [4.69, 9.17) is 0 Å². The minimum Gasteiger partial charge on any atom is -0.348 e. The number of nitrogens with one attached hydrogen (secondary N) is 1. The molecule has 0 heterocycles. The molecule has 2 aromatic carbocycles. The molecule has 108 valence electrons. The van der Waals surface area contributed by atoms with Gasteiger partial charge in [-0.1, -0.05) is 12.1 Å². The van der Waals surface area contributed by atoms with Gasteiger partial charge in [0.05, 0.1) is 4.92 Å². The molecule has 0 atom stereocenters. The maximum absolute atomic E-state index is 12.8. The van der Waals surface area contributed by atoms with E-state index in [1.165, 1.54) is 30.3 Å². The summed E-state index contributed by atoms with van der Waals surface area (Å²) in [6.07, 6.45) is 0. The third-order valence-corrected chi connectivity index (χ3v) is 3.16. The van der Waals surface area contributed by atoms with Crippen LogP contribution in [0.15, 0.2) is 42.5 Å². The van der Waals surface area contributed by atoms with E-state index in [2.05, 4.69) is 5.32 Å². The Hall–Kier alpha value is -2.76. The topological polar surface area (TPSA) is 72.2 Å². The van der Waals surface area contributed by atoms with Gasteiger partial charge in [-0.3, -0.25) is 14.9 Å². The van der Waals surface area contributed by atoms with Gasteiger partial charge in [0.1, 0.15) is 5.82 Å². The van der Waals surface area contributed by atoms with Crippen LogP contribution in [0.5, 0.6) is 0 Å². The first-order valence-electron chi connectivity index (χ1n) is 6.25. The molecule has 0 saturated heterocycles. The molecule has 0 aliphatic carbocycles. The first-order chi connectivity index (χ1) is 9.99. The summed E-state index contributed by atoms with van der Waals surface area (Å²) >= 11 is 0. The van der Waals surface area contributed by atoms with Crippen LogP contribution in [-0.2, 0) is 6.54 Å². The Morgan fingerprint density at radius 1 is 1.24 bits per heavy atom. The van der Waals surface area contributed by atoms with E-state index in [1.54, 1.807) is 19.1 Å². The monoisotopic (exact) mass is 288 g/mol. The Labute approximate surface area is 120 Å². The summed E-state index contributed by atoms with van der Waals surface area (Å²) in [4.78, 5) is 22.3. The summed E-state index contributed by atoms with van der Waals surface area (Å²) < 4.78 is 12.8. The zero-order valence-corrected chi connectivity index (χ0v) is 11.3. The van der Waals surface area contributed by atoms with Crippen molar-refractivity contribution in [1.82, 2.24) is 5.32 Å². The number of halogens is 1. The quantitative estimate of drug-likeness (QED) is 0.694. The number of benzene rings is 2. The second kappa shape index (κ2) is 6.13. The van der Waals surface area contributed by atoms with Crippen molar-refractivity contribution in [2.45, 2.75) is 13.5 Å². The number of nitrogens with zero attached hydrogens (tertiary/aromatic N) is 1. The number of carbonyl (C=O) groups is 1. The molecule has 0 spiro atoms. The molecule has 2 aromatic rings. The number of amides is 1. The molecule has 1 amide bonds. The normalized spacial score (nSPS) is 10.2. The molecule has 0 fully saturated rings. The molecular formula is C15H13FN2O3. The molecule has 0 radical (unpaired) electrons. The summed E-state index contributed by atoms with van der Waals surface area (Å²) in [5.74, 6) is -0.776. The summed E-state index contributed by atoms with van der Waals surface area (Å²) in [5.41, 5.74) is 1.53. The Balaban J connectivity index is 2.10. The molecule has 5 nitrogen and oxygen atoms in total. The zero-order chi connectivity index (χ0) is 15.4. The summed E-state index contributed by atoms with van der Waals surface area (Å²) in [6, 6.07) is 9.87. The van der Waals surface area contributed by atoms with Gasteiger partial charge in [-0.2, -0.15) is 0 Å². The van der Waals surface area contributed by atoms with Crippen molar-refractivity contribution in [3.63, 3.8) is 0 Å². The summed E-state index contributed by atoms with van der Waals surface area (Å²) in [5, 5.41) is 13.5. The van der Waals surface area contributed by atoms with Crippen LogP contribution in [-0.4, -0.2) is 10.8 Å². The third kappa shape index (κ3) is 3.42. The lowest BCUT2D eigenvalue weighted by Crippen LogP contribution is -2.23. The van der Waals surface area contributed by atoms with Crippen molar-refractivity contribution >= 4 is 11.6 Å². The highest BCUT2D eigenvalue weighted by atomic mass is 19.1. The van der Waals surface area contributed by atoms with Crippen LogP contribution in [0, 0.1) is 22.9 Å². The van der Waals surface area contributed by atoms with E-state index >= 15 is 0 Å². The van der Waals surface area contributed by atoms with Crippen LogP contribution >= 0.6 is 0 Å². The van der Waals surface area contributed by atoms with Crippen molar-refractivity contribution in [2.75, 3.05) is 0 Å². The number of nitro groups is 1. The Kier molecular flexibility index (Phi) is 4.27.